The molecule has 1 aromatic carbocycles. The van der Waals surface area contributed by atoms with Crippen LogP contribution >= 0.6 is 0 Å². The summed E-state index contributed by atoms with van der Waals surface area (Å²) < 4.78 is 5.06. The number of methoxy groups -OCH3 is 1. The van der Waals surface area contributed by atoms with Gasteiger partial charge in [-0.2, -0.15) is 0 Å². The van der Waals surface area contributed by atoms with Crippen LogP contribution in [0.3, 0.4) is 0 Å². The van der Waals surface area contributed by atoms with Crippen molar-refractivity contribution in [3.8, 4) is 5.75 Å². The molecule has 3 amide bonds. The van der Waals surface area contributed by atoms with Crippen molar-refractivity contribution >= 4 is 23.4 Å². The molecule has 1 N–H and O–H groups in total. The number of carbonyl (C=O) groups excluding carboxylic acids is 3. The molecular weight excluding hydrogens is 308 g/mol. The summed E-state index contributed by atoms with van der Waals surface area (Å²) >= 11 is 0. The van der Waals surface area contributed by atoms with Gasteiger partial charge in [-0.1, -0.05) is 12.8 Å². The number of amides is 3. The predicted octanol–water partition coefficient (Wildman–Crippen LogP) is 2.20. The Kier molecular flexibility index (Phi) is 4.83. The largest absolute Gasteiger partial charge is 0.497 e. The third-order valence-electron chi connectivity index (χ3n) is 4.87. The van der Waals surface area contributed by atoms with Gasteiger partial charge in [0.2, 0.25) is 17.7 Å². The molecule has 1 aliphatic carbocycles. The Hall–Kier alpha value is -2.37. The Bertz CT molecular complexity index is 617. The lowest BCUT2D eigenvalue weighted by Crippen LogP contribution is -2.34. The van der Waals surface area contributed by atoms with Crippen molar-refractivity contribution in [1.82, 2.24) is 4.90 Å². The van der Waals surface area contributed by atoms with Gasteiger partial charge >= 0.3 is 0 Å². The van der Waals surface area contributed by atoms with Crippen LogP contribution in [0.15, 0.2) is 24.3 Å². The van der Waals surface area contributed by atoms with E-state index in [1.165, 1.54) is 4.90 Å². The summed E-state index contributed by atoms with van der Waals surface area (Å²) in [6.45, 7) is 0.159. The first kappa shape index (κ1) is 16.5. The Labute approximate surface area is 141 Å². The molecule has 0 radical (unpaired) electrons. The highest BCUT2D eigenvalue weighted by Gasteiger charge is 2.47. The molecule has 6 nitrogen and oxygen atoms in total. The van der Waals surface area contributed by atoms with Crippen LogP contribution in [-0.4, -0.2) is 36.3 Å². The Balaban J connectivity index is 1.54. The number of imide groups is 1. The third kappa shape index (κ3) is 3.27. The molecule has 0 spiro atoms. The smallest absolute Gasteiger partial charge is 0.233 e. The van der Waals surface area contributed by atoms with Crippen LogP contribution in [0.2, 0.25) is 0 Å². The molecule has 1 saturated carbocycles. The monoisotopic (exact) mass is 330 g/mol. The summed E-state index contributed by atoms with van der Waals surface area (Å²) in [7, 11) is 1.58. The summed E-state index contributed by atoms with van der Waals surface area (Å²) in [6, 6.07) is 7.01. The van der Waals surface area contributed by atoms with Crippen molar-refractivity contribution in [2.45, 2.75) is 32.1 Å². The van der Waals surface area contributed by atoms with Gasteiger partial charge in [0.25, 0.3) is 0 Å². The van der Waals surface area contributed by atoms with Crippen LogP contribution in [0.5, 0.6) is 5.75 Å². The van der Waals surface area contributed by atoms with Gasteiger partial charge in [-0.25, -0.2) is 0 Å². The van der Waals surface area contributed by atoms with E-state index in [9.17, 15) is 14.4 Å². The zero-order valence-corrected chi connectivity index (χ0v) is 13.8. The second-order valence-corrected chi connectivity index (χ2v) is 6.35. The molecule has 1 heterocycles. The van der Waals surface area contributed by atoms with E-state index in [1.54, 1.807) is 31.4 Å². The van der Waals surface area contributed by atoms with Gasteiger partial charge < -0.3 is 10.1 Å². The topological polar surface area (TPSA) is 75.7 Å². The molecule has 1 aromatic rings. The average molecular weight is 330 g/mol. The maximum atomic E-state index is 12.4. The Morgan fingerprint density at radius 3 is 2.25 bits per heavy atom. The van der Waals surface area contributed by atoms with Crippen LogP contribution in [0.4, 0.5) is 5.69 Å². The van der Waals surface area contributed by atoms with Gasteiger partial charge in [-0.15, -0.1) is 0 Å². The molecular formula is C18H22N2O4. The van der Waals surface area contributed by atoms with Gasteiger partial charge in [-0.3, -0.25) is 19.3 Å². The van der Waals surface area contributed by atoms with Gasteiger partial charge in [0.05, 0.1) is 18.9 Å². The highest BCUT2D eigenvalue weighted by Crippen LogP contribution is 2.37. The molecule has 128 valence electrons. The van der Waals surface area contributed by atoms with Gasteiger partial charge in [0, 0.05) is 18.7 Å². The third-order valence-corrected chi connectivity index (χ3v) is 4.87. The maximum absolute atomic E-state index is 12.4. The van der Waals surface area contributed by atoms with E-state index < -0.39 is 0 Å². The normalized spacial score (nSPS) is 23.1. The van der Waals surface area contributed by atoms with Gasteiger partial charge in [-0.05, 0) is 37.1 Å². The van der Waals surface area contributed by atoms with E-state index in [0.717, 1.165) is 25.7 Å². The maximum Gasteiger partial charge on any atom is 0.233 e. The minimum atomic E-state index is -0.212. The summed E-state index contributed by atoms with van der Waals surface area (Å²) in [4.78, 5) is 38.0. The van der Waals surface area contributed by atoms with Crippen molar-refractivity contribution in [3.63, 3.8) is 0 Å². The van der Waals surface area contributed by atoms with Crippen molar-refractivity contribution in [2.24, 2.45) is 11.8 Å². The summed E-state index contributed by atoms with van der Waals surface area (Å²) in [5, 5.41) is 2.77. The zero-order chi connectivity index (χ0) is 17.1. The van der Waals surface area contributed by atoms with E-state index in [4.69, 9.17) is 4.74 Å². The first-order valence-electron chi connectivity index (χ1n) is 8.39. The fraction of sp³-hybridized carbons (Fsp3) is 0.500. The number of ether oxygens (including phenoxy) is 1. The predicted molar refractivity (Wildman–Crippen MR) is 88.4 cm³/mol. The number of nitrogens with zero attached hydrogens (tertiary/aromatic N) is 1. The number of carbonyl (C=O) groups is 3. The molecule has 3 rings (SSSR count). The lowest BCUT2D eigenvalue weighted by Gasteiger charge is -2.19. The quantitative estimate of drug-likeness (QED) is 0.840. The highest BCUT2D eigenvalue weighted by molar-refractivity contribution is 6.05. The van der Waals surface area contributed by atoms with Crippen molar-refractivity contribution in [1.29, 1.82) is 0 Å². The lowest BCUT2D eigenvalue weighted by atomic mass is 9.81. The molecule has 1 aliphatic heterocycles. The van der Waals surface area contributed by atoms with Crippen LogP contribution in [0.1, 0.15) is 32.1 Å². The molecule has 2 fully saturated rings. The summed E-state index contributed by atoms with van der Waals surface area (Å²) in [5.74, 6) is -0.00445. The van der Waals surface area contributed by atoms with Crippen LogP contribution in [0.25, 0.3) is 0 Å². The molecule has 2 aliphatic rings. The van der Waals surface area contributed by atoms with Crippen molar-refractivity contribution < 1.29 is 19.1 Å². The fourth-order valence-electron chi connectivity index (χ4n) is 3.56. The zero-order valence-electron chi connectivity index (χ0n) is 13.8. The number of benzene rings is 1. The molecule has 6 heteroatoms. The number of fused-ring (bicyclic) bond motifs is 1. The first-order valence-corrected chi connectivity index (χ1v) is 8.39. The summed E-state index contributed by atoms with van der Waals surface area (Å²) in [6.07, 6.45) is 3.72. The standard InChI is InChI=1S/C18H22N2O4/c1-24-13-8-6-12(7-9-13)19-16(21)10-11-20-17(22)14-4-2-3-5-15(14)18(20)23/h6-9,14-15H,2-5,10-11H2,1H3,(H,19,21)/t14-,15-/m1/s1. The van der Waals surface area contributed by atoms with E-state index in [0.29, 0.717) is 11.4 Å². The molecule has 2 atom stereocenters. The first-order chi connectivity index (χ1) is 11.6. The highest BCUT2D eigenvalue weighted by atomic mass is 16.5. The Morgan fingerprint density at radius 2 is 1.71 bits per heavy atom. The second-order valence-electron chi connectivity index (χ2n) is 6.35. The fourth-order valence-corrected chi connectivity index (χ4v) is 3.56. The van der Waals surface area contributed by atoms with E-state index in [-0.39, 0.29) is 42.5 Å². The van der Waals surface area contributed by atoms with Crippen LogP contribution < -0.4 is 10.1 Å². The number of likely N-dealkylation sites (tertiary alicyclic amines) is 1. The van der Waals surface area contributed by atoms with E-state index >= 15 is 0 Å². The number of hydrogen-bond donors (Lipinski definition) is 1. The van der Waals surface area contributed by atoms with Gasteiger partial charge in [0.15, 0.2) is 0 Å². The lowest BCUT2D eigenvalue weighted by molar-refractivity contribution is -0.140. The van der Waals surface area contributed by atoms with Crippen LogP contribution in [0, 0.1) is 11.8 Å². The van der Waals surface area contributed by atoms with Crippen molar-refractivity contribution in [2.75, 3.05) is 19.0 Å². The SMILES string of the molecule is COc1ccc(NC(=O)CCN2C(=O)[C@@H]3CCCC[C@H]3C2=O)cc1. The number of hydrogen-bond acceptors (Lipinski definition) is 4. The molecule has 0 bridgehead atoms. The minimum Gasteiger partial charge on any atom is -0.497 e. The molecule has 0 aromatic heterocycles. The van der Waals surface area contributed by atoms with E-state index in [2.05, 4.69) is 5.32 Å². The summed E-state index contributed by atoms with van der Waals surface area (Å²) in [5.41, 5.74) is 0.661. The molecule has 1 saturated heterocycles. The van der Waals surface area contributed by atoms with Crippen LogP contribution in [-0.2, 0) is 14.4 Å². The molecule has 0 unspecified atom stereocenters. The van der Waals surface area contributed by atoms with Crippen molar-refractivity contribution in [3.05, 3.63) is 24.3 Å². The number of nitrogens with one attached hydrogen (secondary N) is 1. The minimum absolute atomic E-state index is 0.0954. The number of rotatable bonds is 5. The average Bonchev–Trinajstić information content (AvgIpc) is 2.85. The Morgan fingerprint density at radius 1 is 1.12 bits per heavy atom. The second kappa shape index (κ2) is 7.03. The number of anilines is 1. The molecule has 24 heavy (non-hydrogen) atoms. The van der Waals surface area contributed by atoms with E-state index in [1.807, 2.05) is 0 Å². The van der Waals surface area contributed by atoms with Gasteiger partial charge in [0.1, 0.15) is 5.75 Å².